The molecule has 10 heteroatoms. The van der Waals surface area contributed by atoms with Gasteiger partial charge in [0, 0.05) is 17.9 Å². The molecule has 1 amide bonds. The third-order valence-corrected chi connectivity index (χ3v) is 5.36. The molecule has 0 radical (unpaired) electrons. The van der Waals surface area contributed by atoms with Crippen LogP contribution in [0.15, 0.2) is 35.5 Å². The number of nitrogens with zero attached hydrogens (tertiary/aromatic N) is 2. The molecular weight excluding hydrogens is 370 g/mol. The van der Waals surface area contributed by atoms with E-state index in [1.165, 1.54) is 40.9 Å². The summed E-state index contributed by atoms with van der Waals surface area (Å²) in [5.41, 5.74) is 7.37. The van der Waals surface area contributed by atoms with Crippen molar-refractivity contribution >= 4 is 41.7 Å². The summed E-state index contributed by atoms with van der Waals surface area (Å²) in [4.78, 5) is 35.8. The maximum absolute atomic E-state index is 12.4. The fourth-order valence-corrected chi connectivity index (χ4v) is 3.83. The van der Waals surface area contributed by atoms with Crippen LogP contribution in [-0.4, -0.2) is 38.9 Å². The van der Waals surface area contributed by atoms with E-state index in [2.05, 4.69) is 0 Å². The first-order valence-electron chi connectivity index (χ1n) is 7.20. The largest absolute Gasteiger partial charge is 0.456 e. The van der Waals surface area contributed by atoms with Gasteiger partial charge < -0.3 is 10.5 Å². The Hall–Kier alpha value is -2.10. The Bertz CT molecular complexity index is 752. The molecule has 134 valence electrons. The SMILES string of the molecule is CC1=C(C(=O)OCc2ccc([N+](=O)[O-])cc2)N2C(=O)[C@H](N)[C@H]2SC1.Cl. The molecule has 2 aliphatic heterocycles. The van der Waals surface area contributed by atoms with E-state index in [1.807, 2.05) is 0 Å². The Labute approximate surface area is 153 Å². The van der Waals surface area contributed by atoms with Gasteiger partial charge in [-0.05, 0) is 30.2 Å². The smallest absolute Gasteiger partial charge is 0.355 e. The highest BCUT2D eigenvalue weighted by atomic mass is 35.5. The number of thioether (sulfide) groups is 1. The number of hydrogen-bond donors (Lipinski definition) is 1. The zero-order chi connectivity index (χ0) is 17.4. The van der Waals surface area contributed by atoms with Crippen molar-refractivity contribution in [2.45, 2.75) is 24.9 Å². The van der Waals surface area contributed by atoms with Gasteiger partial charge in [-0.1, -0.05) is 0 Å². The van der Waals surface area contributed by atoms with E-state index in [4.69, 9.17) is 10.5 Å². The van der Waals surface area contributed by atoms with Crippen LogP contribution in [0.4, 0.5) is 5.69 Å². The van der Waals surface area contributed by atoms with E-state index < -0.39 is 16.9 Å². The minimum Gasteiger partial charge on any atom is -0.456 e. The first kappa shape index (κ1) is 19.2. The lowest BCUT2D eigenvalue weighted by atomic mass is 10.0. The Morgan fingerprint density at radius 3 is 2.68 bits per heavy atom. The van der Waals surface area contributed by atoms with E-state index in [0.29, 0.717) is 11.3 Å². The number of carbonyl (C=O) groups excluding carboxylic acids is 2. The monoisotopic (exact) mass is 385 g/mol. The molecule has 0 unspecified atom stereocenters. The molecule has 25 heavy (non-hydrogen) atoms. The Kier molecular flexibility index (Phi) is 5.71. The maximum atomic E-state index is 12.4. The van der Waals surface area contributed by atoms with Gasteiger partial charge in [-0.3, -0.25) is 19.8 Å². The molecule has 0 saturated carbocycles. The number of non-ortho nitro benzene ring substituents is 1. The van der Waals surface area contributed by atoms with Crippen LogP contribution in [0.1, 0.15) is 12.5 Å². The topological polar surface area (TPSA) is 116 Å². The standard InChI is InChI=1S/C15H15N3O5S.ClH/c1-8-7-24-14-11(16)13(19)17(14)12(8)15(20)23-6-9-2-4-10(5-3-9)18(21)22;/h2-5,11,14H,6-7,16H2,1H3;1H/t11-,14+;/m0./s1. The van der Waals surface area contributed by atoms with Crippen LogP contribution in [0.2, 0.25) is 0 Å². The molecule has 3 rings (SSSR count). The second kappa shape index (κ2) is 7.42. The first-order valence-corrected chi connectivity index (χ1v) is 8.25. The lowest BCUT2D eigenvalue weighted by molar-refractivity contribution is -0.384. The minimum absolute atomic E-state index is 0. The molecule has 0 bridgehead atoms. The van der Waals surface area contributed by atoms with Crippen molar-refractivity contribution in [3.8, 4) is 0 Å². The highest BCUT2D eigenvalue weighted by Gasteiger charge is 2.51. The predicted octanol–water partition coefficient (Wildman–Crippen LogP) is 1.58. The van der Waals surface area contributed by atoms with Gasteiger partial charge in [0.25, 0.3) is 5.69 Å². The van der Waals surface area contributed by atoms with Gasteiger partial charge in [0.05, 0.1) is 4.92 Å². The second-order valence-electron chi connectivity index (χ2n) is 5.56. The number of halogens is 1. The molecule has 1 aromatic rings. The van der Waals surface area contributed by atoms with Crippen LogP contribution in [0.25, 0.3) is 0 Å². The zero-order valence-electron chi connectivity index (χ0n) is 13.2. The number of benzene rings is 1. The number of amides is 1. The maximum Gasteiger partial charge on any atom is 0.355 e. The van der Waals surface area contributed by atoms with Crippen molar-refractivity contribution in [1.82, 2.24) is 4.90 Å². The molecule has 2 heterocycles. The third kappa shape index (κ3) is 3.48. The van der Waals surface area contributed by atoms with Gasteiger partial charge in [0.1, 0.15) is 23.7 Å². The first-order chi connectivity index (χ1) is 11.4. The van der Waals surface area contributed by atoms with E-state index in [0.717, 1.165) is 5.57 Å². The minimum atomic E-state index is -0.587. The second-order valence-corrected chi connectivity index (χ2v) is 6.67. The van der Waals surface area contributed by atoms with Crippen LogP contribution in [0, 0.1) is 10.1 Å². The van der Waals surface area contributed by atoms with Crippen molar-refractivity contribution < 1.29 is 19.2 Å². The summed E-state index contributed by atoms with van der Waals surface area (Å²) in [6, 6.07) is 5.16. The lowest BCUT2D eigenvalue weighted by Crippen LogP contribution is -2.68. The normalized spacial score (nSPS) is 21.8. The highest BCUT2D eigenvalue weighted by molar-refractivity contribution is 8.00. The summed E-state index contributed by atoms with van der Waals surface area (Å²) in [5, 5.41) is 10.4. The van der Waals surface area contributed by atoms with Gasteiger partial charge in [-0.2, -0.15) is 0 Å². The summed E-state index contributed by atoms with van der Waals surface area (Å²) < 4.78 is 5.26. The number of β-lactam (4-membered cyclic amide) rings is 1. The number of hydrogen-bond acceptors (Lipinski definition) is 7. The summed E-state index contributed by atoms with van der Waals surface area (Å²) in [5.74, 6) is -0.255. The van der Waals surface area contributed by atoms with Gasteiger partial charge in [0.15, 0.2) is 0 Å². The molecule has 8 nitrogen and oxygen atoms in total. The Balaban J connectivity index is 0.00000225. The molecule has 0 spiro atoms. The number of fused-ring (bicyclic) bond motifs is 1. The molecule has 0 aromatic heterocycles. The summed E-state index contributed by atoms with van der Waals surface area (Å²) in [6.07, 6.45) is 0. The molecule has 2 aliphatic rings. The average Bonchev–Trinajstić information content (AvgIpc) is 2.59. The third-order valence-electron chi connectivity index (χ3n) is 3.91. The van der Waals surface area contributed by atoms with E-state index in [1.54, 1.807) is 6.92 Å². The highest BCUT2D eigenvalue weighted by Crippen LogP contribution is 2.39. The van der Waals surface area contributed by atoms with Crippen molar-refractivity contribution in [3.63, 3.8) is 0 Å². The van der Waals surface area contributed by atoms with E-state index in [-0.39, 0.29) is 41.7 Å². The molecule has 1 aromatic carbocycles. The number of esters is 1. The zero-order valence-corrected chi connectivity index (χ0v) is 14.8. The fraction of sp³-hybridized carbons (Fsp3) is 0.333. The lowest BCUT2D eigenvalue weighted by Gasteiger charge is -2.48. The molecule has 2 N–H and O–H groups in total. The van der Waals surface area contributed by atoms with Crippen molar-refractivity contribution in [2.75, 3.05) is 5.75 Å². The summed E-state index contributed by atoms with van der Waals surface area (Å²) >= 11 is 1.52. The number of nitro benzene ring substituents is 1. The van der Waals surface area contributed by atoms with Crippen LogP contribution in [0.3, 0.4) is 0 Å². The van der Waals surface area contributed by atoms with E-state index in [9.17, 15) is 19.7 Å². The number of rotatable bonds is 4. The van der Waals surface area contributed by atoms with Crippen molar-refractivity contribution in [3.05, 3.63) is 51.2 Å². The van der Waals surface area contributed by atoms with Gasteiger partial charge in [0.2, 0.25) is 5.91 Å². The quantitative estimate of drug-likeness (QED) is 0.362. The predicted molar refractivity (Wildman–Crippen MR) is 93.9 cm³/mol. The van der Waals surface area contributed by atoms with Crippen molar-refractivity contribution in [2.24, 2.45) is 5.73 Å². The van der Waals surface area contributed by atoms with Gasteiger partial charge in [-0.25, -0.2) is 4.79 Å². The van der Waals surface area contributed by atoms with Crippen LogP contribution in [0.5, 0.6) is 0 Å². The van der Waals surface area contributed by atoms with E-state index >= 15 is 0 Å². The Morgan fingerprint density at radius 1 is 1.44 bits per heavy atom. The summed E-state index contributed by atoms with van der Waals surface area (Å²) in [7, 11) is 0. The van der Waals surface area contributed by atoms with Gasteiger partial charge >= 0.3 is 5.97 Å². The van der Waals surface area contributed by atoms with Gasteiger partial charge in [-0.15, -0.1) is 24.2 Å². The molecular formula is C15H16ClN3O5S. The molecule has 0 aliphatic carbocycles. The number of nitro groups is 1. The fourth-order valence-electron chi connectivity index (χ4n) is 2.59. The van der Waals surface area contributed by atoms with Crippen LogP contribution >= 0.6 is 24.2 Å². The number of ether oxygens (including phenoxy) is 1. The number of carbonyl (C=O) groups is 2. The molecule has 1 fully saturated rings. The van der Waals surface area contributed by atoms with Crippen LogP contribution in [-0.2, 0) is 20.9 Å². The Morgan fingerprint density at radius 2 is 2.08 bits per heavy atom. The van der Waals surface area contributed by atoms with Crippen LogP contribution < -0.4 is 5.73 Å². The van der Waals surface area contributed by atoms with Crippen molar-refractivity contribution in [1.29, 1.82) is 0 Å². The average molecular weight is 386 g/mol. The molecule has 1 saturated heterocycles. The number of nitrogens with two attached hydrogens (primary N) is 1. The summed E-state index contributed by atoms with van der Waals surface area (Å²) in [6.45, 7) is 1.75. The molecule has 2 atom stereocenters.